The highest BCUT2D eigenvalue weighted by molar-refractivity contribution is 6.31. The third kappa shape index (κ3) is 2.97. The molecule has 0 aliphatic carbocycles. The normalized spacial score (nSPS) is 15.1. The monoisotopic (exact) mass is 244 g/mol. The number of rotatable bonds is 6. The lowest BCUT2D eigenvalue weighted by atomic mass is 9.97. The lowest BCUT2D eigenvalue weighted by Crippen LogP contribution is -2.31. The molecule has 0 saturated heterocycles. The van der Waals surface area contributed by atoms with Crippen LogP contribution in [-0.2, 0) is 6.54 Å². The lowest BCUT2D eigenvalue weighted by Gasteiger charge is -2.20. The van der Waals surface area contributed by atoms with Crippen molar-refractivity contribution >= 4 is 11.6 Å². The number of nitrogens with two attached hydrogens (primary N) is 1. The molecule has 0 fully saturated rings. The Kier molecular flexibility index (Phi) is 5.25. The number of hydrogen-bond donors (Lipinski definition) is 2. The SMILES string of the molecule is CCC(C)CC(NN)c1c(Cl)cnn1CC. The van der Waals surface area contributed by atoms with Gasteiger partial charge in [-0.1, -0.05) is 31.9 Å². The summed E-state index contributed by atoms with van der Waals surface area (Å²) in [5.41, 5.74) is 3.83. The highest BCUT2D eigenvalue weighted by atomic mass is 35.5. The van der Waals surface area contributed by atoms with Crippen LogP contribution in [0.1, 0.15) is 45.3 Å². The first-order valence-electron chi connectivity index (χ1n) is 5.81. The number of hydrazine groups is 1. The average Bonchev–Trinajstić information content (AvgIpc) is 2.67. The zero-order valence-electron chi connectivity index (χ0n) is 10.2. The van der Waals surface area contributed by atoms with E-state index in [-0.39, 0.29) is 6.04 Å². The Morgan fingerprint density at radius 1 is 1.56 bits per heavy atom. The molecule has 0 amide bonds. The van der Waals surface area contributed by atoms with Crippen molar-refractivity contribution in [3.05, 3.63) is 16.9 Å². The van der Waals surface area contributed by atoms with Crippen LogP contribution in [0.3, 0.4) is 0 Å². The number of aromatic nitrogens is 2. The predicted molar refractivity (Wildman–Crippen MR) is 67.0 cm³/mol. The van der Waals surface area contributed by atoms with E-state index < -0.39 is 0 Å². The quantitative estimate of drug-likeness (QED) is 0.597. The fourth-order valence-corrected chi connectivity index (χ4v) is 2.07. The maximum Gasteiger partial charge on any atom is 0.0834 e. The average molecular weight is 245 g/mol. The molecule has 0 bridgehead atoms. The maximum absolute atomic E-state index is 6.14. The molecule has 0 aliphatic heterocycles. The molecular weight excluding hydrogens is 224 g/mol. The first-order valence-corrected chi connectivity index (χ1v) is 6.19. The van der Waals surface area contributed by atoms with Crippen molar-refractivity contribution < 1.29 is 0 Å². The summed E-state index contributed by atoms with van der Waals surface area (Å²) in [5, 5.41) is 4.91. The van der Waals surface area contributed by atoms with Crippen LogP contribution in [0.2, 0.25) is 5.02 Å². The summed E-state index contributed by atoms with van der Waals surface area (Å²) in [5.74, 6) is 6.22. The van der Waals surface area contributed by atoms with Crippen LogP contribution in [0.15, 0.2) is 6.20 Å². The Morgan fingerprint density at radius 2 is 2.25 bits per heavy atom. The summed E-state index contributed by atoms with van der Waals surface area (Å²) in [6.45, 7) is 7.24. The number of nitrogens with one attached hydrogen (secondary N) is 1. The second-order valence-corrected chi connectivity index (χ2v) is 4.57. The number of hydrogen-bond acceptors (Lipinski definition) is 3. The minimum absolute atomic E-state index is 0.0740. The maximum atomic E-state index is 6.14. The molecule has 0 aliphatic rings. The molecule has 0 saturated carbocycles. The molecule has 4 nitrogen and oxygen atoms in total. The number of halogens is 1. The lowest BCUT2D eigenvalue weighted by molar-refractivity contribution is 0.387. The van der Waals surface area contributed by atoms with E-state index in [4.69, 9.17) is 17.4 Å². The van der Waals surface area contributed by atoms with Gasteiger partial charge < -0.3 is 0 Å². The van der Waals surface area contributed by atoms with E-state index in [1.54, 1.807) is 6.20 Å². The van der Waals surface area contributed by atoms with Crippen molar-refractivity contribution in [2.45, 2.75) is 46.2 Å². The second kappa shape index (κ2) is 6.23. The van der Waals surface area contributed by atoms with Gasteiger partial charge in [0.25, 0.3) is 0 Å². The molecule has 0 radical (unpaired) electrons. The molecule has 3 N–H and O–H groups in total. The number of nitrogens with zero attached hydrogens (tertiary/aromatic N) is 2. The minimum Gasteiger partial charge on any atom is -0.271 e. The minimum atomic E-state index is 0.0740. The van der Waals surface area contributed by atoms with E-state index in [1.165, 1.54) is 0 Å². The van der Waals surface area contributed by atoms with Gasteiger partial charge in [-0.15, -0.1) is 0 Å². The molecule has 92 valence electrons. The van der Waals surface area contributed by atoms with Gasteiger partial charge in [-0.3, -0.25) is 16.0 Å². The Morgan fingerprint density at radius 3 is 2.75 bits per heavy atom. The molecule has 1 heterocycles. The summed E-state index contributed by atoms with van der Waals surface area (Å²) in [6, 6.07) is 0.0740. The molecule has 2 atom stereocenters. The smallest absolute Gasteiger partial charge is 0.0834 e. The van der Waals surface area contributed by atoms with Gasteiger partial charge in [-0.25, -0.2) is 0 Å². The molecule has 1 aromatic rings. The van der Waals surface area contributed by atoms with Crippen LogP contribution >= 0.6 is 11.6 Å². The van der Waals surface area contributed by atoms with Gasteiger partial charge in [0, 0.05) is 6.54 Å². The van der Waals surface area contributed by atoms with Gasteiger partial charge in [0.15, 0.2) is 0 Å². The van der Waals surface area contributed by atoms with E-state index in [9.17, 15) is 0 Å². The van der Waals surface area contributed by atoms with Crippen LogP contribution < -0.4 is 11.3 Å². The molecule has 2 unspecified atom stereocenters. The van der Waals surface area contributed by atoms with Gasteiger partial charge in [0.2, 0.25) is 0 Å². The van der Waals surface area contributed by atoms with Crippen molar-refractivity contribution in [1.82, 2.24) is 15.2 Å². The molecule has 16 heavy (non-hydrogen) atoms. The van der Waals surface area contributed by atoms with E-state index >= 15 is 0 Å². The summed E-state index contributed by atoms with van der Waals surface area (Å²) < 4.78 is 1.90. The molecule has 0 aromatic carbocycles. The van der Waals surface area contributed by atoms with Gasteiger partial charge in [0.05, 0.1) is 23.0 Å². The molecular formula is C11H21ClN4. The predicted octanol–water partition coefficient (Wildman–Crippen LogP) is 2.50. The van der Waals surface area contributed by atoms with Crippen LogP contribution in [0.4, 0.5) is 0 Å². The van der Waals surface area contributed by atoms with Crippen molar-refractivity contribution in [1.29, 1.82) is 0 Å². The van der Waals surface area contributed by atoms with Crippen molar-refractivity contribution in [2.75, 3.05) is 0 Å². The van der Waals surface area contributed by atoms with Gasteiger partial charge in [-0.2, -0.15) is 5.10 Å². The van der Waals surface area contributed by atoms with Crippen molar-refractivity contribution in [3.8, 4) is 0 Å². The fourth-order valence-electron chi connectivity index (χ4n) is 1.80. The zero-order valence-corrected chi connectivity index (χ0v) is 11.0. The second-order valence-electron chi connectivity index (χ2n) is 4.16. The van der Waals surface area contributed by atoms with Crippen LogP contribution in [0, 0.1) is 5.92 Å². The zero-order chi connectivity index (χ0) is 12.1. The standard InChI is InChI=1S/C11H21ClN4/c1-4-8(3)6-10(15-13)11-9(12)7-14-16(11)5-2/h7-8,10,15H,4-6,13H2,1-3H3. The summed E-state index contributed by atoms with van der Waals surface area (Å²) >= 11 is 6.14. The van der Waals surface area contributed by atoms with E-state index in [0.717, 1.165) is 25.1 Å². The summed E-state index contributed by atoms with van der Waals surface area (Å²) in [7, 11) is 0. The first kappa shape index (κ1) is 13.5. The fraction of sp³-hybridized carbons (Fsp3) is 0.727. The van der Waals surface area contributed by atoms with Crippen LogP contribution in [0.25, 0.3) is 0 Å². The highest BCUT2D eigenvalue weighted by Gasteiger charge is 2.20. The van der Waals surface area contributed by atoms with Crippen molar-refractivity contribution in [2.24, 2.45) is 11.8 Å². The third-order valence-electron chi connectivity index (χ3n) is 3.00. The highest BCUT2D eigenvalue weighted by Crippen LogP contribution is 2.27. The van der Waals surface area contributed by atoms with Gasteiger partial charge >= 0.3 is 0 Å². The van der Waals surface area contributed by atoms with E-state index in [2.05, 4.69) is 24.4 Å². The summed E-state index contributed by atoms with van der Waals surface area (Å²) in [6.07, 6.45) is 3.79. The summed E-state index contributed by atoms with van der Waals surface area (Å²) in [4.78, 5) is 0. The van der Waals surface area contributed by atoms with Crippen LogP contribution in [-0.4, -0.2) is 9.78 Å². The largest absolute Gasteiger partial charge is 0.271 e. The van der Waals surface area contributed by atoms with Crippen LogP contribution in [0.5, 0.6) is 0 Å². The Hall–Kier alpha value is -0.580. The molecule has 5 heteroatoms. The van der Waals surface area contributed by atoms with E-state index in [0.29, 0.717) is 10.9 Å². The van der Waals surface area contributed by atoms with Gasteiger partial charge in [-0.05, 0) is 19.3 Å². The Labute approximate surface area is 102 Å². The van der Waals surface area contributed by atoms with Gasteiger partial charge in [0.1, 0.15) is 0 Å². The molecule has 1 aromatic heterocycles. The Balaban J connectivity index is 2.89. The third-order valence-corrected chi connectivity index (χ3v) is 3.29. The molecule has 1 rings (SSSR count). The topological polar surface area (TPSA) is 55.9 Å². The number of aryl methyl sites for hydroxylation is 1. The molecule has 0 spiro atoms. The first-order chi connectivity index (χ1) is 7.63. The van der Waals surface area contributed by atoms with E-state index in [1.807, 2.05) is 11.6 Å². The van der Waals surface area contributed by atoms with Crippen molar-refractivity contribution in [3.63, 3.8) is 0 Å². The Bertz CT molecular complexity index is 324.